The number of rotatable bonds is 3. The standard InChI is InChI=1S/C18H21N3/c1-12(2)15-6-4-14(5-7-15)10-16-11-21-13(3)17(19)8-9-18(21)20-16/h4-9,11-12H,10,19H2,1-3H3. The van der Waals surface area contributed by atoms with E-state index in [1.807, 2.05) is 19.1 Å². The molecule has 0 saturated heterocycles. The fourth-order valence-corrected chi connectivity index (χ4v) is 2.57. The van der Waals surface area contributed by atoms with Crippen molar-refractivity contribution < 1.29 is 0 Å². The van der Waals surface area contributed by atoms with E-state index in [0.29, 0.717) is 5.92 Å². The van der Waals surface area contributed by atoms with Crippen molar-refractivity contribution in [2.45, 2.75) is 33.1 Å². The molecule has 0 saturated carbocycles. The molecule has 3 rings (SSSR count). The highest BCUT2D eigenvalue weighted by Gasteiger charge is 2.07. The molecular formula is C18H21N3. The zero-order valence-electron chi connectivity index (χ0n) is 12.8. The summed E-state index contributed by atoms with van der Waals surface area (Å²) in [6, 6.07) is 12.7. The first-order chi connectivity index (χ1) is 10.0. The van der Waals surface area contributed by atoms with Crippen LogP contribution in [0.5, 0.6) is 0 Å². The maximum absolute atomic E-state index is 5.94. The summed E-state index contributed by atoms with van der Waals surface area (Å²) in [7, 11) is 0. The van der Waals surface area contributed by atoms with Crippen LogP contribution >= 0.6 is 0 Å². The van der Waals surface area contributed by atoms with E-state index >= 15 is 0 Å². The van der Waals surface area contributed by atoms with Crippen LogP contribution in [0.2, 0.25) is 0 Å². The first-order valence-corrected chi connectivity index (χ1v) is 7.36. The maximum Gasteiger partial charge on any atom is 0.137 e. The second-order valence-corrected chi connectivity index (χ2v) is 5.91. The van der Waals surface area contributed by atoms with Crippen molar-refractivity contribution in [2.24, 2.45) is 0 Å². The monoisotopic (exact) mass is 279 g/mol. The van der Waals surface area contributed by atoms with Crippen molar-refractivity contribution in [3.63, 3.8) is 0 Å². The number of nitrogens with zero attached hydrogens (tertiary/aromatic N) is 2. The molecule has 0 spiro atoms. The van der Waals surface area contributed by atoms with E-state index in [2.05, 4.69) is 53.7 Å². The van der Waals surface area contributed by atoms with Crippen molar-refractivity contribution >= 4 is 11.3 Å². The Morgan fingerprint density at radius 2 is 1.81 bits per heavy atom. The number of nitrogens with two attached hydrogens (primary N) is 1. The Hall–Kier alpha value is -2.29. The average Bonchev–Trinajstić information content (AvgIpc) is 2.87. The van der Waals surface area contributed by atoms with Crippen molar-refractivity contribution in [1.29, 1.82) is 0 Å². The normalized spacial score (nSPS) is 11.4. The number of imidazole rings is 1. The fraction of sp³-hybridized carbons (Fsp3) is 0.278. The highest BCUT2D eigenvalue weighted by Crippen LogP contribution is 2.19. The van der Waals surface area contributed by atoms with Crippen molar-refractivity contribution in [3.05, 3.63) is 65.1 Å². The van der Waals surface area contributed by atoms with Crippen LogP contribution in [0.3, 0.4) is 0 Å². The quantitative estimate of drug-likeness (QED) is 0.789. The van der Waals surface area contributed by atoms with Gasteiger partial charge in [-0.1, -0.05) is 38.1 Å². The summed E-state index contributed by atoms with van der Waals surface area (Å²) < 4.78 is 2.06. The van der Waals surface area contributed by atoms with E-state index in [-0.39, 0.29) is 0 Å². The smallest absolute Gasteiger partial charge is 0.137 e. The molecule has 0 fully saturated rings. The fourth-order valence-electron chi connectivity index (χ4n) is 2.57. The van der Waals surface area contributed by atoms with Crippen LogP contribution < -0.4 is 5.73 Å². The molecule has 0 unspecified atom stereocenters. The molecule has 2 aromatic heterocycles. The second kappa shape index (κ2) is 5.24. The molecule has 0 aliphatic rings. The van der Waals surface area contributed by atoms with Crippen molar-refractivity contribution in [1.82, 2.24) is 9.38 Å². The second-order valence-electron chi connectivity index (χ2n) is 5.91. The topological polar surface area (TPSA) is 43.3 Å². The van der Waals surface area contributed by atoms with Gasteiger partial charge in [0.15, 0.2) is 0 Å². The summed E-state index contributed by atoms with van der Waals surface area (Å²) in [4.78, 5) is 4.67. The largest absolute Gasteiger partial charge is 0.397 e. The Kier molecular flexibility index (Phi) is 3.42. The van der Waals surface area contributed by atoms with Gasteiger partial charge in [-0.15, -0.1) is 0 Å². The highest BCUT2D eigenvalue weighted by molar-refractivity contribution is 5.53. The lowest BCUT2D eigenvalue weighted by atomic mass is 10.0. The third-order valence-electron chi connectivity index (χ3n) is 4.01. The van der Waals surface area contributed by atoms with Crippen LogP contribution in [0.1, 0.15) is 42.3 Å². The zero-order valence-corrected chi connectivity index (χ0v) is 12.8. The molecule has 0 aliphatic carbocycles. The summed E-state index contributed by atoms with van der Waals surface area (Å²) in [6.07, 6.45) is 2.93. The van der Waals surface area contributed by atoms with Crippen molar-refractivity contribution in [3.8, 4) is 0 Å². The molecule has 3 aromatic rings. The van der Waals surface area contributed by atoms with E-state index in [1.54, 1.807) is 0 Å². The van der Waals surface area contributed by atoms with Crippen LogP contribution in [-0.2, 0) is 6.42 Å². The number of anilines is 1. The number of aromatic nitrogens is 2. The number of fused-ring (bicyclic) bond motifs is 1. The molecule has 21 heavy (non-hydrogen) atoms. The average molecular weight is 279 g/mol. The molecule has 1 aromatic carbocycles. The van der Waals surface area contributed by atoms with Gasteiger partial charge < -0.3 is 10.1 Å². The Balaban J connectivity index is 1.89. The van der Waals surface area contributed by atoms with Gasteiger partial charge in [0.05, 0.1) is 11.4 Å². The SMILES string of the molecule is Cc1c(N)ccc2nc(Cc3ccc(C(C)C)cc3)cn12. The molecule has 0 bridgehead atoms. The van der Waals surface area contributed by atoms with Gasteiger partial charge in [-0.25, -0.2) is 4.98 Å². The minimum absolute atomic E-state index is 0.569. The van der Waals surface area contributed by atoms with E-state index in [9.17, 15) is 0 Å². The molecule has 2 heterocycles. The zero-order chi connectivity index (χ0) is 15.0. The maximum atomic E-state index is 5.94. The molecular weight excluding hydrogens is 258 g/mol. The Morgan fingerprint density at radius 1 is 1.10 bits per heavy atom. The number of hydrogen-bond donors (Lipinski definition) is 1. The summed E-state index contributed by atoms with van der Waals surface area (Å²) in [5.74, 6) is 0.569. The van der Waals surface area contributed by atoms with Gasteiger partial charge in [-0.2, -0.15) is 0 Å². The molecule has 108 valence electrons. The summed E-state index contributed by atoms with van der Waals surface area (Å²) in [5.41, 5.74) is 12.5. The van der Waals surface area contributed by atoms with Crippen molar-refractivity contribution in [2.75, 3.05) is 5.73 Å². The minimum atomic E-state index is 0.569. The van der Waals surface area contributed by atoms with Gasteiger partial charge in [0.2, 0.25) is 0 Å². The van der Waals surface area contributed by atoms with Crippen LogP contribution in [0.25, 0.3) is 5.65 Å². The van der Waals surface area contributed by atoms with Gasteiger partial charge in [-0.3, -0.25) is 0 Å². The summed E-state index contributed by atoms with van der Waals surface area (Å²) >= 11 is 0. The lowest BCUT2D eigenvalue weighted by Crippen LogP contribution is -1.96. The minimum Gasteiger partial charge on any atom is -0.397 e. The van der Waals surface area contributed by atoms with Crippen LogP contribution in [0.4, 0.5) is 5.69 Å². The first-order valence-electron chi connectivity index (χ1n) is 7.36. The van der Waals surface area contributed by atoms with Gasteiger partial charge in [-0.05, 0) is 36.1 Å². The third kappa shape index (κ3) is 2.64. The number of aryl methyl sites for hydroxylation is 1. The first kappa shape index (κ1) is 13.7. The van der Waals surface area contributed by atoms with Crippen LogP contribution in [0.15, 0.2) is 42.6 Å². The Bertz CT molecular complexity index is 767. The lowest BCUT2D eigenvalue weighted by Gasteiger charge is -2.05. The number of nitrogen functional groups attached to an aromatic ring is 1. The predicted octanol–water partition coefficient (Wildman–Crippen LogP) is 3.94. The predicted molar refractivity (Wildman–Crippen MR) is 87.7 cm³/mol. The molecule has 3 heteroatoms. The molecule has 0 amide bonds. The van der Waals surface area contributed by atoms with E-state index in [4.69, 9.17) is 5.73 Å². The Labute approximate surface area is 125 Å². The molecule has 0 atom stereocenters. The number of pyridine rings is 1. The number of benzene rings is 1. The van der Waals surface area contributed by atoms with Gasteiger partial charge >= 0.3 is 0 Å². The number of hydrogen-bond acceptors (Lipinski definition) is 2. The summed E-state index contributed by atoms with van der Waals surface area (Å²) in [5, 5.41) is 0. The van der Waals surface area contributed by atoms with Crippen LogP contribution in [0, 0.1) is 6.92 Å². The van der Waals surface area contributed by atoms with Gasteiger partial charge in [0.25, 0.3) is 0 Å². The summed E-state index contributed by atoms with van der Waals surface area (Å²) in [6.45, 7) is 6.44. The Morgan fingerprint density at radius 3 is 2.48 bits per heavy atom. The van der Waals surface area contributed by atoms with E-state index in [1.165, 1.54) is 11.1 Å². The molecule has 0 radical (unpaired) electrons. The molecule has 0 aliphatic heterocycles. The van der Waals surface area contributed by atoms with Gasteiger partial charge in [0.1, 0.15) is 5.65 Å². The van der Waals surface area contributed by atoms with Crippen LogP contribution in [-0.4, -0.2) is 9.38 Å². The van der Waals surface area contributed by atoms with E-state index < -0.39 is 0 Å². The van der Waals surface area contributed by atoms with E-state index in [0.717, 1.165) is 29.1 Å². The molecule has 2 N–H and O–H groups in total. The molecule has 3 nitrogen and oxygen atoms in total. The lowest BCUT2D eigenvalue weighted by molar-refractivity contribution is 0.865. The third-order valence-corrected chi connectivity index (χ3v) is 4.01. The highest BCUT2D eigenvalue weighted by atomic mass is 15.0. The van der Waals surface area contributed by atoms with Gasteiger partial charge in [0, 0.05) is 18.3 Å².